The van der Waals surface area contributed by atoms with Gasteiger partial charge < -0.3 is 25.0 Å². The first-order valence-corrected chi connectivity index (χ1v) is 10.6. The molecule has 0 aliphatic carbocycles. The molecule has 0 radical (unpaired) electrons. The maximum Gasteiger partial charge on any atom is 0.221 e. The minimum absolute atomic E-state index is 0. The number of nitrogens with zero attached hydrogens (tertiary/aromatic N) is 2. The molecule has 1 aromatic rings. The van der Waals surface area contributed by atoms with Crippen molar-refractivity contribution < 1.29 is 14.3 Å². The highest BCUT2D eigenvalue weighted by Gasteiger charge is 2.21. The fourth-order valence-electron chi connectivity index (χ4n) is 3.36. The topological polar surface area (TPSA) is 75.2 Å². The Morgan fingerprint density at radius 2 is 1.90 bits per heavy atom. The average molecular weight is 532 g/mol. The van der Waals surface area contributed by atoms with E-state index in [0.717, 1.165) is 76.7 Å². The van der Waals surface area contributed by atoms with Gasteiger partial charge in [0.25, 0.3) is 0 Å². The smallest absolute Gasteiger partial charge is 0.221 e. The summed E-state index contributed by atoms with van der Waals surface area (Å²) >= 11 is 0. The number of halogens is 1. The lowest BCUT2D eigenvalue weighted by atomic mass is 10.1. The summed E-state index contributed by atoms with van der Waals surface area (Å²) < 4.78 is 11.0. The number of amides is 1. The van der Waals surface area contributed by atoms with Crippen LogP contribution in [0.1, 0.15) is 38.7 Å². The SMILES string of the molecule is CCNC(=NCCc1ccc(NC(C)=O)cc1)N1CCC(OCCCOC)CC1.I. The lowest BCUT2D eigenvalue weighted by Gasteiger charge is -2.34. The molecule has 0 aromatic heterocycles. The Balaban J connectivity index is 0.00000450. The van der Waals surface area contributed by atoms with Crippen LogP contribution in [-0.2, 0) is 20.7 Å². The Morgan fingerprint density at radius 3 is 2.50 bits per heavy atom. The predicted molar refractivity (Wildman–Crippen MR) is 133 cm³/mol. The monoisotopic (exact) mass is 532 g/mol. The van der Waals surface area contributed by atoms with Crippen LogP contribution in [0.5, 0.6) is 0 Å². The van der Waals surface area contributed by atoms with Gasteiger partial charge in [-0.05, 0) is 50.3 Å². The Kier molecular flexibility index (Phi) is 13.7. The number of nitrogens with one attached hydrogen (secondary N) is 2. The lowest BCUT2D eigenvalue weighted by Crippen LogP contribution is -2.47. The number of benzene rings is 1. The van der Waals surface area contributed by atoms with Crippen molar-refractivity contribution in [2.75, 3.05) is 51.8 Å². The third kappa shape index (κ3) is 10.1. The Hall–Kier alpha value is -1.39. The first kappa shape index (κ1) is 26.6. The van der Waals surface area contributed by atoms with Crippen LogP contribution in [0.25, 0.3) is 0 Å². The standard InChI is InChI=1S/C22H36N4O3.HI/c1-4-23-22(26-14-11-21(12-15-26)29-17-5-16-28-3)24-13-10-19-6-8-20(9-7-19)25-18(2)27;/h6-9,21H,4-5,10-17H2,1-3H3,(H,23,24)(H,25,27);1H. The van der Waals surface area contributed by atoms with Gasteiger partial charge in [-0.25, -0.2) is 0 Å². The van der Waals surface area contributed by atoms with E-state index in [4.69, 9.17) is 14.5 Å². The number of rotatable bonds is 10. The van der Waals surface area contributed by atoms with Crippen molar-refractivity contribution in [3.63, 3.8) is 0 Å². The van der Waals surface area contributed by atoms with Crippen molar-refractivity contribution in [2.24, 2.45) is 4.99 Å². The van der Waals surface area contributed by atoms with E-state index in [2.05, 4.69) is 22.5 Å². The molecule has 1 amide bonds. The molecule has 0 saturated carbocycles. The molecular weight excluding hydrogens is 495 g/mol. The first-order chi connectivity index (χ1) is 14.1. The van der Waals surface area contributed by atoms with E-state index in [1.165, 1.54) is 12.5 Å². The highest BCUT2D eigenvalue weighted by molar-refractivity contribution is 14.0. The summed E-state index contributed by atoms with van der Waals surface area (Å²) in [7, 11) is 1.72. The van der Waals surface area contributed by atoms with Crippen LogP contribution in [-0.4, -0.2) is 69.4 Å². The first-order valence-electron chi connectivity index (χ1n) is 10.6. The third-order valence-electron chi connectivity index (χ3n) is 4.86. The molecule has 0 spiro atoms. The maximum atomic E-state index is 11.1. The number of ether oxygens (including phenoxy) is 2. The van der Waals surface area contributed by atoms with Gasteiger partial charge in [0.15, 0.2) is 5.96 Å². The second-order valence-electron chi connectivity index (χ2n) is 7.27. The van der Waals surface area contributed by atoms with Gasteiger partial charge >= 0.3 is 0 Å². The molecule has 7 nitrogen and oxygen atoms in total. The van der Waals surface area contributed by atoms with Crippen LogP contribution < -0.4 is 10.6 Å². The van der Waals surface area contributed by atoms with Crippen LogP contribution in [0.3, 0.4) is 0 Å². The maximum absolute atomic E-state index is 11.1. The summed E-state index contributed by atoms with van der Waals surface area (Å²) in [5, 5.41) is 6.20. The van der Waals surface area contributed by atoms with Gasteiger partial charge in [-0.15, -0.1) is 24.0 Å². The zero-order valence-electron chi connectivity index (χ0n) is 18.5. The normalized spacial score (nSPS) is 14.9. The zero-order valence-corrected chi connectivity index (χ0v) is 20.8. The molecule has 0 unspecified atom stereocenters. The van der Waals surface area contributed by atoms with Crippen LogP contribution in [0.2, 0.25) is 0 Å². The number of hydrogen-bond donors (Lipinski definition) is 2. The Bertz CT molecular complexity index is 632. The van der Waals surface area contributed by atoms with Gasteiger partial charge in [-0.3, -0.25) is 9.79 Å². The Morgan fingerprint density at radius 1 is 1.20 bits per heavy atom. The molecule has 0 bridgehead atoms. The molecule has 170 valence electrons. The van der Waals surface area contributed by atoms with Crippen molar-refractivity contribution in [3.05, 3.63) is 29.8 Å². The van der Waals surface area contributed by atoms with Crippen molar-refractivity contribution in [2.45, 2.75) is 45.6 Å². The minimum atomic E-state index is -0.0539. The van der Waals surface area contributed by atoms with E-state index in [-0.39, 0.29) is 29.9 Å². The van der Waals surface area contributed by atoms with Gasteiger partial charge in [0.1, 0.15) is 0 Å². The quantitative estimate of drug-likeness (QED) is 0.210. The van der Waals surface area contributed by atoms with Crippen LogP contribution in [0.4, 0.5) is 5.69 Å². The molecule has 1 fully saturated rings. The largest absolute Gasteiger partial charge is 0.385 e. The van der Waals surface area contributed by atoms with Crippen LogP contribution in [0.15, 0.2) is 29.3 Å². The minimum Gasteiger partial charge on any atom is -0.385 e. The van der Waals surface area contributed by atoms with Gasteiger partial charge in [-0.2, -0.15) is 0 Å². The molecule has 1 aliphatic rings. The number of aliphatic imine (C=N–C) groups is 1. The van der Waals surface area contributed by atoms with Gasteiger partial charge in [0.05, 0.1) is 6.10 Å². The van der Waals surface area contributed by atoms with E-state index in [0.29, 0.717) is 6.10 Å². The number of anilines is 1. The number of likely N-dealkylation sites (tertiary alicyclic amines) is 1. The predicted octanol–water partition coefficient (Wildman–Crippen LogP) is 3.29. The highest BCUT2D eigenvalue weighted by Crippen LogP contribution is 2.15. The van der Waals surface area contributed by atoms with E-state index >= 15 is 0 Å². The number of hydrogen-bond acceptors (Lipinski definition) is 4. The number of guanidine groups is 1. The number of carbonyl (C=O) groups excluding carboxylic acids is 1. The fraction of sp³-hybridized carbons (Fsp3) is 0.636. The number of methoxy groups -OCH3 is 1. The fourth-order valence-corrected chi connectivity index (χ4v) is 3.36. The third-order valence-corrected chi connectivity index (χ3v) is 4.86. The van der Waals surface area contributed by atoms with Crippen LogP contribution in [0, 0.1) is 0 Å². The van der Waals surface area contributed by atoms with Crippen LogP contribution >= 0.6 is 24.0 Å². The Labute approximate surface area is 198 Å². The number of carbonyl (C=O) groups is 1. The highest BCUT2D eigenvalue weighted by atomic mass is 127. The van der Waals surface area contributed by atoms with Crippen molar-refractivity contribution in [1.82, 2.24) is 10.2 Å². The molecule has 1 heterocycles. The molecule has 1 saturated heterocycles. The molecule has 1 aliphatic heterocycles. The second-order valence-corrected chi connectivity index (χ2v) is 7.27. The molecule has 1 aromatic carbocycles. The second kappa shape index (κ2) is 15.4. The van der Waals surface area contributed by atoms with E-state index < -0.39 is 0 Å². The van der Waals surface area contributed by atoms with Crippen molar-refractivity contribution >= 4 is 41.5 Å². The molecular formula is C22H37IN4O3. The van der Waals surface area contributed by atoms with Crippen molar-refractivity contribution in [1.29, 1.82) is 0 Å². The molecule has 0 atom stereocenters. The van der Waals surface area contributed by atoms with Gasteiger partial charge in [0, 0.05) is 59.1 Å². The molecule has 30 heavy (non-hydrogen) atoms. The molecule has 8 heteroatoms. The zero-order chi connectivity index (χ0) is 20.9. The average Bonchev–Trinajstić information content (AvgIpc) is 2.72. The van der Waals surface area contributed by atoms with Crippen molar-refractivity contribution in [3.8, 4) is 0 Å². The summed E-state index contributed by atoms with van der Waals surface area (Å²) in [5.41, 5.74) is 2.03. The summed E-state index contributed by atoms with van der Waals surface area (Å²) in [6.45, 7) is 8.66. The van der Waals surface area contributed by atoms with E-state index in [9.17, 15) is 4.79 Å². The number of piperidine rings is 1. The summed E-state index contributed by atoms with van der Waals surface area (Å²) in [4.78, 5) is 18.3. The molecule has 2 rings (SSSR count). The molecule has 2 N–H and O–H groups in total. The van der Waals surface area contributed by atoms with Gasteiger partial charge in [0.2, 0.25) is 5.91 Å². The summed E-state index contributed by atoms with van der Waals surface area (Å²) in [5.74, 6) is 0.932. The lowest BCUT2D eigenvalue weighted by molar-refractivity contribution is -0.114. The summed E-state index contributed by atoms with van der Waals surface area (Å²) in [6.07, 6.45) is 4.22. The summed E-state index contributed by atoms with van der Waals surface area (Å²) in [6, 6.07) is 7.95. The van der Waals surface area contributed by atoms with Gasteiger partial charge in [-0.1, -0.05) is 12.1 Å². The van der Waals surface area contributed by atoms with E-state index in [1.807, 2.05) is 24.3 Å². The van der Waals surface area contributed by atoms with E-state index in [1.54, 1.807) is 7.11 Å².